The van der Waals surface area contributed by atoms with Crippen molar-refractivity contribution in [2.75, 3.05) is 0 Å². The topological polar surface area (TPSA) is 55.4 Å². The molecule has 2 aliphatic rings. The van der Waals surface area contributed by atoms with Crippen LogP contribution in [-0.4, -0.2) is 18.3 Å². The highest BCUT2D eigenvalue weighted by Gasteiger charge is 2.41. The van der Waals surface area contributed by atoms with Gasteiger partial charge in [0.15, 0.2) is 0 Å². The Balaban J connectivity index is 1.59. The van der Waals surface area contributed by atoms with Crippen LogP contribution in [0.5, 0.6) is 5.75 Å². The summed E-state index contributed by atoms with van der Waals surface area (Å²) in [5.41, 5.74) is 0.512. The molecule has 0 aliphatic heterocycles. The van der Waals surface area contributed by atoms with Crippen LogP contribution < -0.4 is 10.1 Å². The lowest BCUT2D eigenvalue weighted by Gasteiger charge is -2.36. The van der Waals surface area contributed by atoms with Crippen molar-refractivity contribution in [3.05, 3.63) is 29.8 Å². The van der Waals surface area contributed by atoms with Crippen molar-refractivity contribution >= 4 is 11.7 Å². The first-order valence-electron chi connectivity index (χ1n) is 8.38. The fraction of sp³-hybridized carbons (Fsp3) is 0.556. The van der Waals surface area contributed by atoms with E-state index >= 15 is 0 Å². The zero-order valence-corrected chi connectivity index (χ0v) is 13.3. The van der Waals surface area contributed by atoms with Gasteiger partial charge in [0.2, 0.25) is 5.91 Å². The predicted molar refractivity (Wildman–Crippen MR) is 83.5 cm³/mol. The van der Waals surface area contributed by atoms with E-state index in [0.29, 0.717) is 24.2 Å². The van der Waals surface area contributed by atoms with Gasteiger partial charge in [-0.1, -0.05) is 24.6 Å². The van der Waals surface area contributed by atoms with Crippen LogP contribution in [0, 0.1) is 17.8 Å². The average molecular weight is 337 g/mol. The number of ether oxygens (including phenoxy) is 1. The van der Waals surface area contributed by atoms with Crippen LogP contribution in [0.15, 0.2) is 24.3 Å². The number of carbonyl (C=O) groups excluding carboxylic acids is 2. The highest BCUT2D eigenvalue weighted by atomic mass is 19.3. The van der Waals surface area contributed by atoms with E-state index in [1.165, 1.54) is 6.07 Å². The van der Waals surface area contributed by atoms with E-state index in [4.69, 9.17) is 0 Å². The molecular weight excluding hydrogens is 316 g/mol. The average Bonchev–Trinajstić information content (AvgIpc) is 2.53. The number of halogens is 2. The first-order valence-corrected chi connectivity index (χ1v) is 8.38. The van der Waals surface area contributed by atoms with Crippen LogP contribution in [0.3, 0.4) is 0 Å². The molecule has 1 N–H and O–H groups in total. The number of benzene rings is 1. The minimum atomic E-state index is -2.90. The van der Waals surface area contributed by atoms with Crippen molar-refractivity contribution in [1.29, 1.82) is 0 Å². The third-order valence-corrected chi connectivity index (χ3v) is 5.06. The Bertz CT molecular complexity index is 604. The second-order valence-corrected chi connectivity index (χ2v) is 6.60. The molecule has 0 spiro atoms. The lowest BCUT2D eigenvalue weighted by Crippen LogP contribution is -2.42. The van der Waals surface area contributed by atoms with Crippen LogP contribution in [0.4, 0.5) is 8.78 Å². The smallest absolute Gasteiger partial charge is 0.387 e. The van der Waals surface area contributed by atoms with Crippen molar-refractivity contribution in [1.82, 2.24) is 5.32 Å². The summed E-state index contributed by atoms with van der Waals surface area (Å²) in [6, 6.07) is 6.43. The maximum Gasteiger partial charge on any atom is 0.387 e. The lowest BCUT2D eigenvalue weighted by molar-refractivity contribution is -0.137. The van der Waals surface area contributed by atoms with Gasteiger partial charge in [-0.2, -0.15) is 8.78 Å². The standard InChI is InChI=1S/C18H21F2NO3/c19-18(20)24-15-7-2-1-4-13(15)10-21-17(23)14-8-11-5-3-6-12(9-14)16(11)22/h1-2,4,7,11-12,14,18H,3,5-6,8-10H2,(H,21,23). The Labute approximate surface area is 139 Å². The molecule has 2 saturated carbocycles. The van der Waals surface area contributed by atoms with Gasteiger partial charge in [0, 0.05) is 29.9 Å². The van der Waals surface area contributed by atoms with Gasteiger partial charge in [0.1, 0.15) is 11.5 Å². The van der Waals surface area contributed by atoms with Crippen molar-refractivity contribution < 1.29 is 23.1 Å². The number of hydrogen-bond acceptors (Lipinski definition) is 3. The van der Waals surface area contributed by atoms with Gasteiger partial charge >= 0.3 is 6.61 Å². The molecule has 2 unspecified atom stereocenters. The number of hydrogen-bond donors (Lipinski definition) is 1. The van der Waals surface area contributed by atoms with Crippen LogP contribution >= 0.6 is 0 Å². The summed E-state index contributed by atoms with van der Waals surface area (Å²) >= 11 is 0. The second kappa shape index (κ2) is 7.28. The van der Waals surface area contributed by atoms with Gasteiger partial charge in [0.05, 0.1) is 0 Å². The lowest BCUT2D eigenvalue weighted by atomic mass is 9.67. The van der Waals surface area contributed by atoms with Gasteiger partial charge in [-0.25, -0.2) is 0 Å². The number of nitrogens with one attached hydrogen (secondary N) is 1. The summed E-state index contributed by atoms with van der Waals surface area (Å²) in [7, 11) is 0. The quantitative estimate of drug-likeness (QED) is 0.897. The molecular formula is C18H21F2NO3. The summed E-state index contributed by atoms with van der Waals surface area (Å²) in [5.74, 6) is 0.155. The van der Waals surface area contributed by atoms with Crippen LogP contribution in [0.1, 0.15) is 37.7 Å². The van der Waals surface area contributed by atoms with Gasteiger partial charge in [0.25, 0.3) is 0 Å². The van der Waals surface area contributed by atoms with E-state index in [-0.39, 0.29) is 36.0 Å². The summed E-state index contributed by atoms with van der Waals surface area (Å²) in [6.07, 6.45) is 4.04. The first kappa shape index (κ1) is 16.9. The molecule has 0 aromatic heterocycles. The monoisotopic (exact) mass is 337 g/mol. The number of fused-ring (bicyclic) bond motifs is 2. The molecule has 2 bridgehead atoms. The number of rotatable bonds is 5. The van der Waals surface area contributed by atoms with Gasteiger partial charge < -0.3 is 10.1 Å². The minimum Gasteiger partial charge on any atom is -0.434 e. The molecule has 6 heteroatoms. The molecule has 0 saturated heterocycles. The van der Waals surface area contributed by atoms with Gasteiger partial charge in [-0.05, 0) is 31.7 Å². The Morgan fingerprint density at radius 3 is 2.54 bits per heavy atom. The number of carbonyl (C=O) groups is 2. The molecule has 0 heterocycles. The summed E-state index contributed by atoms with van der Waals surface area (Å²) in [5, 5.41) is 2.81. The van der Waals surface area contributed by atoms with Crippen LogP contribution in [-0.2, 0) is 16.1 Å². The zero-order chi connectivity index (χ0) is 17.1. The summed E-state index contributed by atoms with van der Waals surface area (Å²) in [4.78, 5) is 24.5. The highest BCUT2D eigenvalue weighted by molar-refractivity contribution is 5.88. The number of alkyl halides is 2. The van der Waals surface area contributed by atoms with Crippen molar-refractivity contribution in [3.63, 3.8) is 0 Å². The van der Waals surface area contributed by atoms with Crippen molar-refractivity contribution in [3.8, 4) is 5.75 Å². The van der Waals surface area contributed by atoms with Gasteiger partial charge in [-0.15, -0.1) is 0 Å². The minimum absolute atomic E-state index is 0.0164. The Morgan fingerprint density at radius 2 is 1.88 bits per heavy atom. The van der Waals surface area contributed by atoms with E-state index < -0.39 is 6.61 Å². The van der Waals surface area contributed by atoms with Crippen LogP contribution in [0.2, 0.25) is 0 Å². The van der Waals surface area contributed by atoms with E-state index in [0.717, 1.165) is 19.3 Å². The Morgan fingerprint density at radius 1 is 1.21 bits per heavy atom. The number of Topliss-reactive ketones (excluding diaryl/α,β-unsaturated/α-hetero) is 1. The molecule has 1 aromatic carbocycles. The Kier molecular flexibility index (Phi) is 5.11. The largest absolute Gasteiger partial charge is 0.434 e. The molecule has 24 heavy (non-hydrogen) atoms. The molecule has 1 amide bonds. The number of amides is 1. The second-order valence-electron chi connectivity index (χ2n) is 6.60. The molecule has 0 radical (unpaired) electrons. The number of ketones is 1. The fourth-order valence-electron chi connectivity index (χ4n) is 3.88. The first-order chi connectivity index (χ1) is 11.5. The molecule has 130 valence electrons. The SMILES string of the molecule is O=C(NCc1ccccc1OC(F)F)C1CC2CCCC(C1)C2=O. The maximum atomic E-state index is 12.4. The molecule has 2 aliphatic carbocycles. The fourth-order valence-corrected chi connectivity index (χ4v) is 3.88. The highest BCUT2D eigenvalue weighted by Crippen LogP contribution is 2.40. The third-order valence-electron chi connectivity index (χ3n) is 5.06. The van der Waals surface area contributed by atoms with Crippen LogP contribution in [0.25, 0.3) is 0 Å². The predicted octanol–water partition coefficient (Wildman–Crippen LogP) is 3.30. The summed E-state index contributed by atoms with van der Waals surface area (Å²) in [6.45, 7) is -2.76. The van der Waals surface area contributed by atoms with E-state index in [2.05, 4.69) is 10.1 Å². The Hall–Kier alpha value is -1.98. The third kappa shape index (κ3) is 3.74. The van der Waals surface area contributed by atoms with Crippen molar-refractivity contribution in [2.24, 2.45) is 17.8 Å². The maximum absolute atomic E-state index is 12.4. The molecule has 3 rings (SSSR count). The summed E-state index contributed by atoms with van der Waals surface area (Å²) < 4.78 is 29.3. The molecule has 2 fully saturated rings. The molecule has 4 nitrogen and oxygen atoms in total. The van der Waals surface area contributed by atoms with Gasteiger partial charge in [-0.3, -0.25) is 9.59 Å². The number of para-hydroxylation sites is 1. The molecule has 2 atom stereocenters. The molecule has 1 aromatic rings. The van der Waals surface area contributed by atoms with E-state index in [1.807, 2.05) is 0 Å². The van der Waals surface area contributed by atoms with E-state index in [1.54, 1.807) is 18.2 Å². The zero-order valence-electron chi connectivity index (χ0n) is 13.3. The normalized spacial score (nSPS) is 26.3. The van der Waals surface area contributed by atoms with Crippen molar-refractivity contribution in [2.45, 2.75) is 45.3 Å². The van der Waals surface area contributed by atoms with E-state index in [9.17, 15) is 18.4 Å².